The van der Waals surface area contributed by atoms with Gasteiger partial charge in [-0.25, -0.2) is 8.42 Å². The second-order valence-corrected chi connectivity index (χ2v) is 6.85. The van der Waals surface area contributed by atoms with Crippen LogP contribution < -0.4 is 10.0 Å². The molecular weight excluding hydrogens is 296 g/mol. The molecule has 0 spiro atoms. The molecule has 0 saturated carbocycles. The summed E-state index contributed by atoms with van der Waals surface area (Å²) in [5.41, 5.74) is 7.29. The lowest BCUT2D eigenvalue weighted by Crippen LogP contribution is -2.28. The fraction of sp³-hybridized carbons (Fsp3) is 0.143. The molecule has 4 nitrogen and oxygen atoms in total. The van der Waals surface area contributed by atoms with E-state index < -0.39 is 10.0 Å². The van der Waals surface area contributed by atoms with Crippen LogP contribution in [0.25, 0.3) is 0 Å². The molecule has 106 valence electrons. The largest absolute Gasteiger partial charge is 0.397 e. The maximum atomic E-state index is 12.4. The van der Waals surface area contributed by atoms with Crippen molar-refractivity contribution in [2.75, 3.05) is 17.1 Å². The van der Waals surface area contributed by atoms with Gasteiger partial charge in [0.05, 0.1) is 17.1 Å². The van der Waals surface area contributed by atoms with Gasteiger partial charge in [-0.05, 0) is 23.8 Å². The molecule has 6 heteroatoms. The van der Waals surface area contributed by atoms with E-state index in [-0.39, 0.29) is 5.75 Å². The third-order valence-corrected chi connectivity index (χ3v) is 4.91. The number of benzene rings is 2. The fourth-order valence-corrected chi connectivity index (χ4v) is 3.25. The second-order valence-electron chi connectivity index (χ2n) is 4.41. The van der Waals surface area contributed by atoms with Crippen LogP contribution in [0.3, 0.4) is 0 Å². The number of halogens is 1. The summed E-state index contributed by atoms with van der Waals surface area (Å²) in [7, 11) is -2.04. The molecule has 0 amide bonds. The lowest BCUT2D eigenvalue weighted by Gasteiger charge is -2.21. The third kappa shape index (κ3) is 3.23. The third-order valence-electron chi connectivity index (χ3n) is 2.94. The Balaban J connectivity index is 2.32. The lowest BCUT2D eigenvalue weighted by molar-refractivity contribution is 0.593. The summed E-state index contributed by atoms with van der Waals surface area (Å²) >= 11 is 5.89. The molecule has 0 aliphatic rings. The molecule has 2 rings (SSSR count). The van der Waals surface area contributed by atoms with Crippen molar-refractivity contribution in [2.24, 2.45) is 0 Å². The van der Waals surface area contributed by atoms with E-state index in [1.165, 1.54) is 11.4 Å². The van der Waals surface area contributed by atoms with Gasteiger partial charge in [0, 0.05) is 12.1 Å². The predicted molar refractivity (Wildman–Crippen MR) is 83.3 cm³/mol. The van der Waals surface area contributed by atoms with Crippen LogP contribution >= 0.6 is 11.6 Å². The molecule has 0 aliphatic carbocycles. The first-order valence-corrected chi connectivity index (χ1v) is 7.94. The van der Waals surface area contributed by atoms with E-state index in [4.69, 9.17) is 17.3 Å². The van der Waals surface area contributed by atoms with Crippen molar-refractivity contribution in [1.29, 1.82) is 0 Å². The lowest BCUT2D eigenvalue weighted by atomic mass is 10.2. The summed E-state index contributed by atoms with van der Waals surface area (Å²) in [6, 6.07) is 13.7. The van der Waals surface area contributed by atoms with Crippen LogP contribution in [0.15, 0.2) is 48.5 Å². The first-order valence-electron chi connectivity index (χ1n) is 5.96. The van der Waals surface area contributed by atoms with Gasteiger partial charge >= 0.3 is 0 Å². The van der Waals surface area contributed by atoms with E-state index in [0.29, 0.717) is 16.4 Å². The zero-order chi connectivity index (χ0) is 14.8. The highest BCUT2D eigenvalue weighted by atomic mass is 35.5. The molecule has 2 N–H and O–H groups in total. The van der Waals surface area contributed by atoms with E-state index >= 15 is 0 Å². The van der Waals surface area contributed by atoms with Gasteiger partial charge in [-0.2, -0.15) is 0 Å². The molecule has 0 atom stereocenters. The van der Waals surface area contributed by atoms with Crippen LogP contribution in [-0.2, 0) is 15.8 Å². The van der Waals surface area contributed by atoms with E-state index in [9.17, 15) is 8.42 Å². The topological polar surface area (TPSA) is 63.4 Å². The fourth-order valence-electron chi connectivity index (χ4n) is 1.82. The Morgan fingerprint density at radius 1 is 1.15 bits per heavy atom. The van der Waals surface area contributed by atoms with Gasteiger partial charge in [-0.1, -0.05) is 41.9 Å². The normalized spacial score (nSPS) is 11.3. The summed E-state index contributed by atoms with van der Waals surface area (Å²) < 4.78 is 26.0. The minimum Gasteiger partial charge on any atom is -0.397 e. The molecular formula is C14H15ClN2O2S. The smallest absolute Gasteiger partial charge is 0.239 e. The molecule has 2 aromatic carbocycles. The molecule has 0 unspecified atom stereocenters. The molecule has 0 aromatic heterocycles. The number of nitrogens with zero attached hydrogens (tertiary/aromatic N) is 1. The number of sulfonamides is 1. The molecule has 0 fully saturated rings. The number of hydrogen-bond donors (Lipinski definition) is 1. The second kappa shape index (κ2) is 5.73. The van der Waals surface area contributed by atoms with Crippen molar-refractivity contribution in [1.82, 2.24) is 0 Å². The Morgan fingerprint density at radius 2 is 1.80 bits per heavy atom. The van der Waals surface area contributed by atoms with Gasteiger partial charge < -0.3 is 5.73 Å². The van der Waals surface area contributed by atoms with Crippen molar-refractivity contribution in [3.63, 3.8) is 0 Å². The highest BCUT2D eigenvalue weighted by Crippen LogP contribution is 2.28. The zero-order valence-electron chi connectivity index (χ0n) is 11.0. The molecule has 2 aromatic rings. The monoisotopic (exact) mass is 310 g/mol. The van der Waals surface area contributed by atoms with E-state index in [1.807, 2.05) is 6.07 Å². The minimum absolute atomic E-state index is 0.0870. The quantitative estimate of drug-likeness (QED) is 0.883. The first-order chi connectivity index (χ1) is 9.40. The summed E-state index contributed by atoms with van der Waals surface area (Å²) in [5, 5.41) is 0.441. The Hall–Kier alpha value is -1.72. The zero-order valence-corrected chi connectivity index (χ0v) is 12.5. The number of anilines is 2. The van der Waals surface area contributed by atoms with Gasteiger partial charge in [0.2, 0.25) is 10.0 Å². The van der Waals surface area contributed by atoms with Crippen LogP contribution in [0.2, 0.25) is 5.02 Å². The average molecular weight is 311 g/mol. The molecule has 0 heterocycles. The molecule has 0 radical (unpaired) electrons. The number of nitrogens with two attached hydrogens (primary N) is 1. The summed E-state index contributed by atoms with van der Waals surface area (Å²) in [6.45, 7) is 0. The number of hydrogen-bond acceptors (Lipinski definition) is 3. The van der Waals surface area contributed by atoms with E-state index in [0.717, 1.165) is 5.56 Å². The highest BCUT2D eigenvalue weighted by molar-refractivity contribution is 7.92. The number of rotatable bonds is 4. The summed E-state index contributed by atoms with van der Waals surface area (Å²) in [4.78, 5) is 0. The Morgan fingerprint density at radius 3 is 2.45 bits per heavy atom. The average Bonchev–Trinajstić information content (AvgIpc) is 2.41. The molecule has 0 saturated heterocycles. The molecule has 20 heavy (non-hydrogen) atoms. The van der Waals surface area contributed by atoms with Crippen LogP contribution in [0, 0.1) is 0 Å². The van der Waals surface area contributed by atoms with Crippen molar-refractivity contribution in [3.8, 4) is 0 Å². The summed E-state index contributed by atoms with van der Waals surface area (Å²) in [5.74, 6) is -0.0870. The van der Waals surface area contributed by atoms with E-state index in [1.54, 1.807) is 42.5 Å². The Bertz CT molecular complexity index is 702. The minimum atomic E-state index is -3.51. The summed E-state index contributed by atoms with van der Waals surface area (Å²) in [6.07, 6.45) is 0. The van der Waals surface area contributed by atoms with Gasteiger partial charge in [-0.3, -0.25) is 4.31 Å². The predicted octanol–water partition coefficient (Wildman–Crippen LogP) is 2.89. The van der Waals surface area contributed by atoms with Crippen LogP contribution in [0.1, 0.15) is 5.56 Å². The molecule has 0 bridgehead atoms. The maximum Gasteiger partial charge on any atom is 0.239 e. The van der Waals surface area contributed by atoms with E-state index in [2.05, 4.69) is 0 Å². The Kier molecular flexibility index (Phi) is 4.20. The molecule has 0 aliphatic heterocycles. The van der Waals surface area contributed by atoms with Gasteiger partial charge in [0.15, 0.2) is 0 Å². The highest BCUT2D eigenvalue weighted by Gasteiger charge is 2.21. The number of nitrogen functional groups attached to an aromatic ring is 1. The van der Waals surface area contributed by atoms with Crippen LogP contribution in [0.4, 0.5) is 11.4 Å². The van der Waals surface area contributed by atoms with Crippen molar-refractivity contribution in [3.05, 3.63) is 59.1 Å². The van der Waals surface area contributed by atoms with Crippen molar-refractivity contribution >= 4 is 33.0 Å². The van der Waals surface area contributed by atoms with Crippen molar-refractivity contribution in [2.45, 2.75) is 5.75 Å². The maximum absolute atomic E-state index is 12.4. The SMILES string of the molecule is CN(c1cc(Cl)ccc1N)S(=O)(=O)Cc1ccccc1. The standard InChI is InChI=1S/C14H15ClN2O2S/c1-17(14-9-12(15)7-8-13(14)16)20(18,19)10-11-5-3-2-4-6-11/h2-9H,10,16H2,1H3. The van der Waals surface area contributed by atoms with Crippen molar-refractivity contribution < 1.29 is 8.42 Å². The van der Waals surface area contributed by atoms with Crippen LogP contribution in [0.5, 0.6) is 0 Å². The van der Waals surface area contributed by atoms with Crippen LogP contribution in [-0.4, -0.2) is 15.5 Å². The van der Waals surface area contributed by atoms with Gasteiger partial charge in [-0.15, -0.1) is 0 Å². The Labute approximate surface area is 123 Å². The van der Waals surface area contributed by atoms with Gasteiger partial charge in [0.1, 0.15) is 0 Å². The first kappa shape index (κ1) is 14.7. The van der Waals surface area contributed by atoms with Gasteiger partial charge in [0.25, 0.3) is 0 Å².